The van der Waals surface area contributed by atoms with Gasteiger partial charge in [0.2, 0.25) is 0 Å². The van der Waals surface area contributed by atoms with Gasteiger partial charge in [-0.2, -0.15) is 0 Å². The van der Waals surface area contributed by atoms with Crippen molar-refractivity contribution in [1.82, 2.24) is 0 Å². The topological polar surface area (TPSA) is 30.5 Å². The zero-order valence-corrected chi connectivity index (χ0v) is 12.6. The summed E-state index contributed by atoms with van der Waals surface area (Å²) < 4.78 is 11.1. The summed E-state index contributed by atoms with van der Waals surface area (Å²) in [5.41, 5.74) is 1.11. The molecule has 1 N–H and O–H groups in total. The van der Waals surface area contributed by atoms with E-state index in [9.17, 15) is 0 Å². The zero-order chi connectivity index (χ0) is 14.0. The second-order valence-corrected chi connectivity index (χ2v) is 5.43. The molecule has 3 nitrogen and oxygen atoms in total. The van der Waals surface area contributed by atoms with Crippen molar-refractivity contribution in [3.63, 3.8) is 0 Å². The first-order chi connectivity index (χ1) is 9.90. The molecule has 112 valence electrons. The van der Waals surface area contributed by atoms with Gasteiger partial charge in [0.1, 0.15) is 12.4 Å². The van der Waals surface area contributed by atoms with Crippen molar-refractivity contribution >= 4 is 5.69 Å². The van der Waals surface area contributed by atoms with Crippen LogP contribution in [-0.4, -0.2) is 26.4 Å². The maximum atomic E-state index is 5.79. The van der Waals surface area contributed by atoms with Gasteiger partial charge in [-0.3, -0.25) is 0 Å². The minimum Gasteiger partial charge on any atom is -0.489 e. The van der Waals surface area contributed by atoms with Crippen LogP contribution in [-0.2, 0) is 4.74 Å². The Hall–Kier alpha value is -1.22. The molecule has 0 atom stereocenters. The Balaban J connectivity index is 1.80. The van der Waals surface area contributed by atoms with Gasteiger partial charge >= 0.3 is 0 Å². The lowest BCUT2D eigenvalue weighted by Crippen LogP contribution is -2.17. The van der Waals surface area contributed by atoms with E-state index in [0.29, 0.717) is 13.2 Å². The molecule has 2 rings (SSSR count). The lowest BCUT2D eigenvalue weighted by molar-refractivity contribution is 0.110. The van der Waals surface area contributed by atoms with Gasteiger partial charge in [-0.15, -0.1) is 0 Å². The Kier molecular flexibility index (Phi) is 6.72. The number of ether oxygens (including phenoxy) is 2. The van der Waals surface area contributed by atoms with Crippen molar-refractivity contribution in [3.05, 3.63) is 24.3 Å². The van der Waals surface area contributed by atoms with E-state index in [4.69, 9.17) is 9.47 Å². The van der Waals surface area contributed by atoms with Gasteiger partial charge in [0, 0.05) is 13.2 Å². The Morgan fingerprint density at radius 1 is 1.10 bits per heavy atom. The van der Waals surface area contributed by atoms with Crippen LogP contribution in [0.1, 0.15) is 39.0 Å². The second kappa shape index (κ2) is 8.85. The molecule has 20 heavy (non-hydrogen) atoms. The molecule has 0 amide bonds. The first-order valence-corrected chi connectivity index (χ1v) is 7.93. The summed E-state index contributed by atoms with van der Waals surface area (Å²) in [7, 11) is 0. The predicted molar refractivity (Wildman–Crippen MR) is 83.5 cm³/mol. The van der Waals surface area contributed by atoms with Crippen molar-refractivity contribution < 1.29 is 9.47 Å². The molecular weight excluding hydrogens is 250 g/mol. The van der Waals surface area contributed by atoms with Crippen LogP contribution in [0.15, 0.2) is 24.3 Å². The van der Waals surface area contributed by atoms with E-state index >= 15 is 0 Å². The average molecular weight is 277 g/mol. The quantitative estimate of drug-likeness (QED) is 0.726. The third-order valence-electron chi connectivity index (χ3n) is 3.88. The highest BCUT2D eigenvalue weighted by molar-refractivity contribution is 5.56. The summed E-state index contributed by atoms with van der Waals surface area (Å²) in [5.74, 6) is 1.75. The van der Waals surface area contributed by atoms with E-state index in [1.807, 2.05) is 19.1 Å². The van der Waals surface area contributed by atoms with Crippen molar-refractivity contribution in [3.8, 4) is 5.75 Å². The molecule has 0 radical (unpaired) electrons. The molecule has 1 fully saturated rings. The van der Waals surface area contributed by atoms with Gasteiger partial charge in [-0.05, 0) is 37.8 Å². The SMILES string of the molecule is CCOCCOc1ccccc1NCC1CCCCC1. The number of hydrogen-bond donors (Lipinski definition) is 1. The van der Waals surface area contributed by atoms with Crippen LogP contribution in [0.3, 0.4) is 0 Å². The molecule has 0 unspecified atom stereocenters. The molecule has 3 heteroatoms. The fourth-order valence-electron chi connectivity index (χ4n) is 2.74. The fourth-order valence-corrected chi connectivity index (χ4v) is 2.74. The minimum absolute atomic E-state index is 0.607. The zero-order valence-electron chi connectivity index (χ0n) is 12.6. The Morgan fingerprint density at radius 2 is 1.90 bits per heavy atom. The van der Waals surface area contributed by atoms with E-state index in [1.54, 1.807) is 0 Å². The highest BCUT2D eigenvalue weighted by Gasteiger charge is 2.13. The van der Waals surface area contributed by atoms with Crippen LogP contribution in [0.4, 0.5) is 5.69 Å². The maximum Gasteiger partial charge on any atom is 0.142 e. The van der Waals surface area contributed by atoms with Gasteiger partial charge in [-0.1, -0.05) is 31.4 Å². The molecule has 1 aliphatic rings. The first-order valence-electron chi connectivity index (χ1n) is 7.93. The molecule has 1 aliphatic carbocycles. The highest BCUT2D eigenvalue weighted by atomic mass is 16.5. The second-order valence-electron chi connectivity index (χ2n) is 5.43. The van der Waals surface area contributed by atoms with E-state index in [2.05, 4.69) is 17.4 Å². The molecule has 0 aliphatic heterocycles. The molecule has 0 heterocycles. The monoisotopic (exact) mass is 277 g/mol. The molecule has 0 saturated heterocycles. The fraction of sp³-hybridized carbons (Fsp3) is 0.647. The maximum absolute atomic E-state index is 5.79. The number of benzene rings is 1. The summed E-state index contributed by atoms with van der Waals surface area (Å²) in [4.78, 5) is 0. The van der Waals surface area contributed by atoms with Crippen LogP contribution >= 0.6 is 0 Å². The van der Waals surface area contributed by atoms with Crippen molar-refractivity contribution in [2.24, 2.45) is 5.92 Å². The van der Waals surface area contributed by atoms with Crippen molar-refractivity contribution in [2.75, 3.05) is 31.7 Å². The van der Waals surface area contributed by atoms with Crippen LogP contribution in [0.5, 0.6) is 5.75 Å². The number of para-hydroxylation sites is 2. The highest BCUT2D eigenvalue weighted by Crippen LogP contribution is 2.27. The van der Waals surface area contributed by atoms with Gasteiger partial charge in [-0.25, -0.2) is 0 Å². The van der Waals surface area contributed by atoms with E-state index < -0.39 is 0 Å². The number of anilines is 1. The summed E-state index contributed by atoms with van der Waals surface area (Å²) >= 11 is 0. The lowest BCUT2D eigenvalue weighted by Gasteiger charge is -2.23. The van der Waals surface area contributed by atoms with Gasteiger partial charge in [0.15, 0.2) is 0 Å². The van der Waals surface area contributed by atoms with Gasteiger partial charge in [0.25, 0.3) is 0 Å². The van der Waals surface area contributed by atoms with Crippen molar-refractivity contribution in [2.45, 2.75) is 39.0 Å². The van der Waals surface area contributed by atoms with Crippen LogP contribution in [0, 0.1) is 5.92 Å². The summed E-state index contributed by atoms with van der Waals surface area (Å²) in [6, 6.07) is 8.19. The van der Waals surface area contributed by atoms with Crippen LogP contribution in [0.25, 0.3) is 0 Å². The van der Waals surface area contributed by atoms with Gasteiger partial charge < -0.3 is 14.8 Å². The number of rotatable bonds is 8. The van der Waals surface area contributed by atoms with Crippen LogP contribution in [0.2, 0.25) is 0 Å². The third kappa shape index (κ3) is 5.04. The number of nitrogens with one attached hydrogen (secondary N) is 1. The standard InChI is InChI=1S/C17H27NO2/c1-2-19-12-13-20-17-11-7-6-10-16(17)18-14-15-8-4-3-5-9-15/h6-7,10-11,15,18H,2-5,8-9,12-14H2,1H3. The lowest BCUT2D eigenvalue weighted by atomic mass is 9.89. The predicted octanol–water partition coefficient (Wildman–Crippen LogP) is 4.09. The summed E-state index contributed by atoms with van der Waals surface area (Å²) in [5, 5.41) is 3.56. The Morgan fingerprint density at radius 3 is 2.70 bits per heavy atom. The van der Waals surface area contributed by atoms with Crippen LogP contribution < -0.4 is 10.1 Å². The van der Waals surface area contributed by atoms with E-state index in [1.165, 1.54) is 32.1 Å². The summed E-state index contributed by atoms with van der Waals surface area (Å²) in [6.45, 7) is 5.06. The van der Waals surface area contributed by atoms with E-state index in [0.717, 1.165) is 30.5 Å². The summed E-state index contributed by atoms with van der Waals surface area (Å²) in [6.07, 6.45) is 6.91. The Bertz CT molecular complexity index is 375. The molecule has 0 bridgehead atoms. The molecule has 1 aromatic rings. The molecular formula is C17H27NO2. The molecule has 1 aromatic carbocycles. The smallest absolute Gasteiger partial charge is 0.142 e. The molecule has 1 saturated carbocycles. The largest absolute Gasteiger partial charge is 0.489 e. The Labute approximate surface area is 122 Å². The third-order valence-corrected chi connectivity index (χ3v) is 3.88. The van der Waals surface area contributed by atoms with Crippen molar-refractivity contribution in [1.29, 1.82) is 0 Å². The molecule has 0 spiro atoms. The average Bonchev–Trinajstić information content (AvgIpc) is 2.51. The minimum atomic E-state index is 0.607. The first kappa shape index (κ1) is 15.2. The number of hydrogen-bond acceptors (Lipinski definition) is 3. The van der Waals surface area contributed by atoms with Gasteiger partial charge in [0.05, 0.1) is 12.3 Å². The normalized spacial score (nSPS) is 16.1. The van der Waals surface area contributed by atoms with E-state index in [-0.39, 0.29) is 0 Å². The molecule has 0 aromatic heterocycles.